The van der Waals surface area contributed by atoms with E-state index in [1.807, 2.05) is 0 Å². The van der Waals surface area contributed by atoms with Crippen LogP contribution in [0, 0.1) is 5.82 Å². The van der Waals surface area contributed by atoms with Crippen molar-refractivity contribution in [3.63, 3.8) is 0 Å². The molecular formula is C19H18ClFN4O3S. The Morgan fingerprint density at radius 1 is 1.24 bits per heavy atom. The number of carbonyl (C=O) groups excluding carboxylic acids is 1. The molecule has 1 atom stereocenters. The van der Waals surface area contributed by atoms with Gasteiger partial charge in [-0.05, 0) is 23.8 Å². The first-order chi connectivity index (χ1) is 13.8. The summed E-state index contributed by atoms with van der Waals surface area (Å²) in [6.45, 7) is -0.108. The molecule has 0 fully saturated rings. The molecule has 0 saturated carbocycles. The molecule has 1 aromatic heterocycles. The third kappa shape index (κ3) is 5.20. The van der Waals surface area contributed by atoms with Gasteiger partial charge in [0.2, 0.25) is 10.0 Å². The Labute approximate surface area is 172 Å². The van der Waals surface area contributed by atoms with E-state index in [4.69, 9.17) is 11.6 Å². The van der Waals surface area contributed by atoms with Crippen LogP contribution in [0.4, 0.5) is 4.39 Å². The highest BCUT2D eigenvalue weighted by atomic mass is 35.5. The van der Waals surface area contributed by atoms with E-state index in [9.17, 15) is 17.6 Å². The van der Waals surface area contributed by atoms with Crippen LogP contribution in [0.15, 0.2) is 65.8 Å². The molecule has 3 aromatic rings. The molecule has 2 aromatic carbocycles. The zero-order chi connectivity index (χ0) is 21.0. The van der Waals surface area contributed by atoms with Crippen molar-refractivity contribution in [2.75, 3.05) is 6.54 Å². The number of amides is 1. The van der Waals surface area contributed by atoms with Gasteiger partial charge in [-0.15, -0.1) is 0 Å². The van der Waals surface area contributed by atoms with Gasteiger partial charge in [0.15, 0.2) is 0 Å². The summed E-state index contributed by atoms with van der Waals surface area (Å²) in [5, 5.41) is 6.49. The average Bonchev–Trinajstić information content (AvgIpc) is 3.15. The van der Waals surface area contributed by atoms with Crippen molar-refractivity contribution in [3.05, 3.63) is 82.9 Å². The summed E-state index contributed by atoms with van der Waals surface area (Å²) in [4.78, 5) is 12.6. The monoisotopic (exact) mass is 436 g/mol. The number of nitrogens with one attached hydrogen (secondary N) is 2. The summed E-state index contributed by atoms with van der Waals surface area (Å²) in [5.74, 6) is -1.28. The van der Waals surface area contributed by atoms with Crippen molar-refractivity contribution < 1.29 is 17.6 Å². The highest BCUT2D eigenvalue weighted by Crippen LogP contribution is 2.18. The summed E-state index contributed by atoms with van der Waals surface area (Å²) in [7, 11) is -2.21. The number of aryl methyl sites for hydroxylation is 1. The van der Waals surface area contributed by atoms with Gasteiger partial charge in [0, 0.05) is 25.4 Å². The van der Waals surface area contributed by atoms with Gasteiger partial charge in [-0.3, -0.25) is 9.48 Å². The Morgan fingerprint density at radius 2 is 1.97 bits per heavy atom. The summed E-state index contributed by atoms with van der Waals surface area (Å²) < 4.78 is 42.5. The molecular weight excluding hydrogens is 419 g/mol. The minimum atomic E-state index is -3.82. The molecule has 29 heavy (non-hydrogen) atoms. The smallest absolute Gasteiger partial charge is 0.251 e. The Kier molecular flexibility index (Phi) is 6.31. The number of halogens is 2. The second-order valence-corrected chi connectivity index (χ2v) is 8.44. The van der Waals surface area contributed by atoms with Crippen LogP contribution in [0.5, 0.6) is 0 Å². The van der Waals surface area contributed by atoms with Crippen LogP contribution >= 0.6 is 11.6 Å². The molecule has 0 aliphatic rings. The quantitative estimate of drug-likeness (QED) is 0.595. The summed E-state index contributed by atoms with van der Waals surface area (Å²) in [5.41, 5.74) is 0.757. The molecule has 7 nitrogen and oxygen atoms in total. The van der Waals surface area contributed by atoms with Crippen LogP contribution < -0.4 is 10.0 Å². The number of hydrogen-bond acceptors (Lipinski definition) is 4. The molecule has 0 bridgehead atoms. The lowest BCUT2D eigenvalue weighted by Gasteiger charge is -2.20. The normalized spacial score (nSPS) is 12.5. The lowest BCUT2D eigenvalue weighted by atomic mass is 10.1. The largest absolute Gasteiger partial charge is 0.344 e. The molecule has 0 saturated heterocycles. The van der Waals surface area contributed by atoms with Crippen LogP contribution in [0.2, 0.25) is 5.02 Å². The topological polar surface area (TPSA) is 93.1 Å². The van der Waals surface area contributed by atoms with E-state index in [1.54, 1.807) is 37.4 Å². The van der Waals surface area contributed by atoms with Gasteiger partial charge in [0.25, 0.3) is 5.91 Å². The van der Waals surface area contributed by atoms with E-state index in [-0.39, 0.29) is 22.0 Å². The first kappa shape index (κ1) is 21.0. The van der Waals surface area contributed by atoms with E-state index >= 15 is 0 Å². The van der Waals surface area contributed by atoms with E-state index in [0.717, 1.165) is 6.07 Å². The minimum absolute atomic E-state index is 0.0120. The maximum absolute atomic E-state index is 13.7. The lowest BCUT2D eigenvalue weighted by molar-refractivity contribution is 0.0936. The van der Waals surface area contributed by atoms with Crippen LogP contribution in [-0.2, 0) is 17.1 Å². The van der Waals surface area contributed by atoms with Crippen molar-refractivity contribution in [1.82, 2.24) is 19.8 Å². The van der Waals surface area contributed by atoms with Gasteiger partial charge in [-0.1, -0.05) is 41.9 Å². The number of hydrogen-bond donors (Lipinski definition) is 2. The minimum Gasteiger partial charge on any atom is -0.344 e. The SMILES string of the molecule is Cn1cc(S(=O)(=O)NCC(NC(=O)c2ccc(Cl)c(F)c2)c2ccccc2)cn1. The molecule has 0 radical (unpaired) electrons. The predicted molar refractivity (Wildman–Crippen MR) is 106 cm³/mol. The first-order valence-electron chi connectivity index (χ1n) is 8.55. The average molecular weight is 437 g/mol. The fourth-order valence-electron chi connectivity index (χ4n) is 2.63. The maximum Gasteiger partial charge on any atom is 0.251 e. The number of sulfonamides is 1. The second-order valence-electron chi connectivity index (χ2n) is 6.27. The molecule has 0 aliphatic heterocycles. The molecule has 10 heteroatoms. The first-order valence-corrected chi connectivity index (χ1v) is 10.4. The van der Waals surface area contributed by atoms with Gasteiger partial charge in [-0.2, -0.15) is 5.10 Å². The van der Waals surface area contributed by atoms with E-state index in [0.29, 0.717) is 5.56 Å². The van der Waals surface area contributed by atoms with Gasteiger partial charge >= 0.3 is 0 Å². The summed E-state index contributed by atoms with van der Waals surface area (Å²) in [6, 6.07) is 11.9. The Balaban J connectivity index is 1.80. The molecule has 1 heterocycles. The van der Waals surface area contributed by atoms with Crippen LogP contribution in [-0.4, -0.2) is 30.7 Å². The third-order valence-corrected chi connectivity index (χ3v) is 5.84. The number of carbonyl (C=O) groups is 1. The van der Waals surface area contributed by atoms with Crippen molar-refractivity contribution in [2.24, 2.45) is 7.05 Å². The zero-order valence-corrected chi connectivity index (χ0v) is 16.9. The lowest BCUT2D eigenvalue weighted by Crippen LogP contribution is -2.37. The van der Waals surface area contributed by atoms with E-state index < -0.39 is 27.8 Å². The van der Waals surface area contributed by atoms with Crippen molar-refractivity contribution in [3.8, 4) is 0 Å². The van der Waals surface area contributed by atoms with Crippen molar-refractivity contribution in [2.45, 2.75) is 10.9 Å². The highest BCUT2D eigenvalue weighted by molar-refractivity contribution is 7.89. The van der Waals surface area contributed by atoms with Crippen LogP contribution in [0.25, 0.3) is 0 Å². The maximum atomic E-state index is 13.7. The standard InChI is InChI=1S/C19H18ClFN4O3S/c1-25-12-15(10-22-25)29(27,28)23-11-18(13-5-3-2-4-6-13)24-19(26)14-7-8-16(20)17(21)9-14/h2-10,12,18,23H,11H2,1H3,(H,24,26). The van der Waals surface area contributed by atoms with E-state index in [1.165, 1.54) is 29.2 Å². The number of nitrogens with zero attached hydrogens (tertiary/aromatic N) is 2. The molecule has 2 N–H and O–H groups in total. The molecule has 0 aliphatic carbocycles. The molecule has 3 rings (SSSR count). The second kappa shape index (κ2) is 8.73. The van der Waals surface area contributed by atoms with Crippen molar-refractivity contribution >= 4 is 27.5 Å². The highest BCUT2D eigenvalue weighted by Gasteiger charge is 2.21. The zero-order valence-electron chi connectivity index (χ0n) is 15.3. The van der Waals surface area contributed by atoms with Gasteiger partial charge in [-0.25, -0.2) is 17.5 Å². The number of rotatable bonds is 7. The van der Waals surface area contributed by atoms with Gasteiger partial charge < -0.3 is 5.32 Å². The van der Waals surface area contributed by atoms with Gasteiger partial charge in [0.1, 0.15) is 10.7 Å². The van der Waals surface area contributed by atoms with Crippen molar-refractivity contribution in [1.29, 1.82) is 0 Å². The van der Waals surface area contributed by atoms with Gasteiger partial charge in [0.05, 0.1) is 17.3 Å². The molecule has 152 valence electrons. The predicted octanol–water partition coefficient (Wildman–Crippen LogP) is 2.66. The molecule has 0 spiro atoms. The fourth-order valence-corrected chi connectivity index (χ4v) is 3.78. The summed E-state index contributed by atoms with van der Waals surface area (Å²) >= 11 is 5.66. The van der Waals surface area contributed by atoms with Crippen LogP contribution in [0.3, 0.4) is 0 Å². The number of aromatic nitrogens is 2. The Morgan fingerprint density at radius 3 is 2.59 bits per heavy atom. The Bertz CT molecular complexity index is 1120. The fraction of sp³-hybridized carbons (Fsp3) is 0.158. The Hall–Kier alpha value is -2.75. The molecule has 1 amide bonds. The number of benzene rings is 2. The van der Waals surface area contributed by atoms with E-state index in [2.05, 4.69) is 15.1 Å². The molecule has 1 unspecified atom stereocenters. The summed E-state index contributed by atoms with van der Waals surface area (Å²) in [6.07, 6.45) is 2.60. The third-order valence-electron chi connectivity index (χ3n) is 4.16. The van der Waals surface area contributed by atoms with Crippen LogP contribution in [0.1, 0.15) is 22.0 Å².